The molecule has 0 amide bonds. The molecule has 0 bridgehead atoms. The van der Waals surface area contributed by atoms with Crippen molar-refractivity contribution in [1.82, 2.24) is 0 Å². The van der Waals surface area contributed by atoms with Crippen LogP contribution in [-0.2, 0) is 4.74 Å². The Bertz CT molecular complexity index is 1080. The summed E-state index contributed by atoms with van der Waals surface area (Å²) in [6.07, 6.45) is 3.77. The SMILES string of the molecule is COC(=O)c1ccc(C#C/C=C/c2c(OC)cccc2-c2ccc(C)cc2)cc1. The summed E-state index contributed by atoms with van der Waals surface area (Å²) in [6, 6.07) is 21.4. The largest absolute Gasteiger partial charge is 0.496 e. The van der Waals surface area contributed by atoms with Crippen LogP contribution in [-0.4, -0.2) is 20.2 Å². The van der Waals surface area contributed by atoms with E-state index in [1.807, 2.05) is 24.3 Å². The van der Waals surface area contributed by atoms with Gasteiger partial charge in [-0.3, -0.25) is 0 Å². The summed E-state index contributed by atoms with van der Waals surface area (Å²) in [5, 5.41) is 0. The van der Waals surface area contributed by atoms with Crippen LogP contribution in [0.25, 0.3) is 17.2 Å². The minimum absolute atomic E-state index is 0.357. The van der Waals surface area contributed by atoms with Gasteiger partial charge in [0.15, 0.2) is 0 Å². The Labute approximate surface area is 171 Å². The fraction of sp³-hybridized carbons (Fsp3) is 0.115. The third-order valence-electron chi connectivity index (χ3n) is 4.50. The van der Waals surface area contributed by atoms with Gasteiger partial charge in [-0.2, -0.15) is 0 Å². The lowest BCUT2D eigenvalue weighted by Crippen LogP contribution is -2.00. The quantitative estimate of drug-likeness (QED) is 0.440. The first-order valence-corrected chi connectivity index (χ1v) is 9.23. The summed E-state index contributed by atoms with van der Waals surface area (Å²) in [7, 11) is 3.03. The molecular weight excluding hydrogens is 360 g/mol. The fourth-order valence-electron chi connectivity index (χ4n) is 2.94. The van der Waals surface area contributed by atoms with Gasteiger partial charge in [0.05, 0.1) is 19.8 Å². The van der Waals surface area contributed by atoms with Gasteiger partial charge in [0.1, 0.15) is 5.75 Å². The summed E-state index contributed by atoms with van der Waals surface area (Å²) in [5.41, 5.74) is 5.74. The van der Waals surface area contributed by atoms with Crippen LogP contribution in [0.5, 0.6) is 5.75 Å². The second-order valence-corrected chi connectivity index (χ2v) is 6.46. The summed E-state index contributed by atoms with van der Waals surface area (Å²) in [6.45, 7) is 2.07. The number of allylic oxidation sites excluding steroid dienone is 1. The zero-order valence-electron chi connectivity index (χ0n) is 16.7. The molecule has 0 fully saturated rings. The Morgan fingerprint density at radius 1 is 0.931 bits per heavy atom. The zero-order chi connectivity index (χ0) is 20.6. The Morgan fingerprint density at radius 2 is 1.66 bits per heavy atom. The first-order valence-electron chi connectivity index (χ1n) is 9.23. The zero-order valence-corrected chi connectivity index (χ0v) is 16.7. The van der Waals surface area contributed by atoms with Gasteiger partial charge in [-0.05, 0) is 60.5 Å². The lowest BCUT2D eigenvalue weighted by atomic mass is 9.97. The van der Waals surface area contributed by atoms with Crippen LogP contribution in [0.4, 0.5) is 0 Å². The fourth-order valence-corrected chi connectivity index (χ4v) is 2.94. The van der Waals surface area contributed by atoms with Gasteiger partial charge < -0.3 is 9.47 Å². The predicted octanol–water partition coefficient (Wildman–Crippen LogP) is 5.52. The smallest absolute Gasteiger partial charge is 0.337 e. The number of benzene rings is 3. The predicted molar refractivity (Wildman–Crippen MR) is 117 cm³/mol. The first-order chi connectivity index (χ1) is 14.1. The Kier molecular flexibility index (Phi) is 6.50. The molecule has 0 aliphatic carbocycles. The van der Waals surface area contributed by atoms with E-state index in [9.17, 15) is 4.79 Å². The number of ether oxygens (including phenoxy) is 2. The molecule has 144 valence electrons. The number of hydrogen-bond donors (Lipinski definition) is 0. The number of rotatable bonds is 4. The van der Waals surface area contributed by atoms with Crippen LogP contribution >= 0.6 is 0 Å². The molecule has 0 saturated carbocycles. The molecule has 0 radical (unpaired) electrons. The summed E-state index contributed by atoms with van der Waals surface area (Å²) >= 11 is 0. The molecule has 0 heterocycles. The summed E-state index contributed by atoms with van der Waals surface area (Å²) in [4.78, 5) is 11.5. The highest BCUT2D eigenvalue weighted by molar-refractivity contribution is 5.89. The van der Waals surface area contributed by atoms with Crippen molar-refractivity contribution in [3.05, 3.63) is 95.1 Å². The lowest BCUT2D eigenvalue weighted by molar-refractivity contribution is 0.0600. The van der Waals surface area contributed by atoms with Gasteiger partial charge in [0.25, 0.3) is 0 Å². The van der Waals surface area contributed by atoms with Gasteiger partial charge in [0.2, 0.25) is 0 Å². The second kappa shape index (κ2) is 9.43. The lowest BCUT2D eigenvalue weighted by Gasteiger charge is -2.11. The van der Waals surface area contributed by atoms with Crippen LogP contribution in [0.15, 0.2) is 72.8 Å². The number of carbonyl (C=O) groups is 1. The van der Waals surface area contributed by atoms with E-state index in [1.165, 1.54) is 12.7 Å². The number of carbonyl (C=O) groups excluding carboxylic acids is 1. The van der Waals surface area contributed by atoms with Crippen LogP contribution < -0.4 is 4.74 Å². The highest BCUT2D eigenvalue weighted by Gasteiger charge is 2.08. The second-order valence-electron chi connectivity index (χ2n) is 6.46. The standard InChI is InChI=1S/C26H22O3/c1-19-11-15-21(16-12-19)23-9-6-10-25(28-2)24(23)8-5-4-7-20-13-17-22(18-14-20)26(27)29-3/h5-6,8-18H,1-3H3/b8-5+. The molecule has 0 atom stereocenters. The maximum atomic E-state index is 11.5. The van der Waals surface area contributed by atoms with Crippen LogP contribution in [0.3, 0.4) is 0 Å². The molecule has 3 rings (SSSR count). The molecule has 0 N–H and O–H groups in total. The van der Waals surface area contributed by atoms with Crippen molar-refractivity contribution in [3.8, 4) is 28.7 Å². The highest BCUT2D eigenvalue weighted by atomic mass is 16.5. The van der Waals surface area contributed by atoms with E-state index >= 15 is 0 Å². The monoisotopic (exact) mass is 382 g/mol. The van der Waals surface area contributed by atoms with Crippen molar-refractivity contribution in [2.45, 2.75) is 6.92 Å². The Balaban J connectivity index is 1.86. The third kappa shape index (κ3) is 4.94. The summed E-state index contributed by atoms with van der Waals surface area (Å²) in [5.74, 6) is 6.56. The molecule has 0 saturated heterocycles. The topological polar surface area (TPSA) is 35.5 Å². The van der Waals surface area contributed by atoms with E-state index in [2.05, 4.69) is 49.1 Å². The average Bonchev–Trinajstić information content (AvgIpc) is 2.77. The number of esters is 1. The van der Waals surface area contributed by atoms with Crippen molar-refractivity contribution in [3.63, 3.8) is 0 Å². The molecule has 3 aromatic rings. The van der Waals surface area contributed by atoms with Gasteiger partial charge in [-0.15, -0.1) is 0 Å². The molecule has 29 heavy (non-hydrogen) atoms. The highest BCUT2D eigenvalue weighted by Crippen LogP contribution is 2.32. The third-order valence-corrected chi connectivity index (χ3v) is 4.50. The van der Waals surface area contributed by atoms with Gasteiger partial charge >= 0.3 is 5.97 Å². The van der Waals surface area contributed by atoms with Crippen molar-refractivity contribution in [2.24, 2.45) is 0 Å². The first kappa shape index (κ1) is 20.0. The average molecular weight is 382 g/mol. The summed E-state index contributed by atoms with van der Waals surface area (Å²) < 4.78 is 10.3. The van der Waals surface area contributed by atoms with Crippen molar-refractivity contribution < 1.29 is 14.3 Å². The normalized spacial score (nSPS) is 10.3. The van der Waals surface area contributed by atoms with Crippen molar-refractivity contribution in [2.75, 3.05) is 14.2 Å². The van der Waals surface area contributed by atoms with E-state index < -0.39 is 0 Å². The van der Waals surface area contributed by atoms with Crippen molar-refractivity contribution >= 4 is 12.0 Å². The maximum Gasteiger partial charge on any atom is 0.337 e. The minimum atomic E-state index is -0.357. The molecular formula is C26H22O3. The molecule has 3 nitrogen and oxygen atoms in total. The van der Waals surface area contributed by atoms with E-state index in [1.54, 1.807) is 31.4 Å². The van der Waals surface area contributed by atoms with Gasteiger partial charge in [-0.1, -0.05) is 53.8 Å². The van der Waals surface area contributed by atoms with E-state index in [4.69, 9.17) is 9.47 Å². The van der Waals surface area contributed by atoms with Crippen molar-refractivity contribution in [1.29, 1.82) is 0 Å². The molecule has 0 aliphatic heterocycles. The number of aryl methyl sites for hydroxylation is 1. The molecule has 3 aromatic carbocycles. The van der Waals surface area contributed by atoms with Crippen LogP contribution in [0, 0.1) is 18.8 Å². The maximum absolute atomic E-state index is 11.5. The minimum Gasteiger partial charge on any atom is -0.496 e. The van der Waals surface area contributed by atoms with Crippen LogP contribution in [0.1, 0.15) is 27.0 Å². The van der Waals surface area contributed by atoms with Gasteiger partial charge in [0, 0.05) is 11.1 Å². The molecule has 0 aliphatic rings. The number of hydrogen-bond acceptors (Lipinski definition) is 3. The molecule has 0 unspecified atom stereocenters. The number of methoxy groups -OCH3 is 2. The Hall–Kier alpha value is -3.77. The van der Waals surface area contributed by atoms with Gasteiger partial charge in [-0.25, -0.2) is 4.79 Å². The van der Waals surface area contributed by atoms with E-state index in [0.717, 1.165) is 28.0 Å². The molecule has 0 aromatic heterocycles. The van der Waals surface area contributed by atoms with E-state index in [-0.39, 0.29) is 5.97 Å². The van der Waals surface area contributed by atoms with E-state index in [0.29, 0.717) is 5.56 Å². The molecule has 0 spiro atoms. The molecule has 3 heteroatoms. The van der Waals surface area contributed by atoms with Crippen LogP contribution in [0.2, 0.25) is 0 Å². The Morgan fingerprint density at radius 3 is 2.31 bits per heavy atom.